The number of likely N-dealkylation sites (tertiary alicyclic amines) is 1. The summed E-state index contributed by atoms with van der Waals surface area (Å²) < 4.78 is 0. The Balaban J connectivity index is 1.47. The molecule has 0 aromatic carbocycles. The van der Waals surface area contributed by atoms with E-state index in [0.717, 1.165) is 52.2 Å². The summed E-state index contributed by atoms with van der Waals surface area (Å²) in [4.78, 5) is 23.6. The number of carbonyl (C=O) groups excluding carboxylic acids is 1. The summed E-state index contributed by atoms with van der Waals surface area (Å²) >= 11 is 0. The van der Waals surface area contributed by atoms with Crippen molar-refractivity contribution in [2.45, 2.75) is 39.7 Å². The van der Waals surface area contributed by atoms with Crippen molar-refractivity contribution in [3.8, 4) is 0 Å². The normalized spacial score (nSPS) is 21.9. The molecule has 0 radical (unpaired) electrons. The molecule has 0 spiro atoms. The fourth-order valence-corrected chi connectivity index (χ4v) is 4.02. The van der Waals surface area contributed by atoms with Gasteiger partial charge in [0.2, 0.25) is 0 Å². The Morgan fingerprint density at radius 2 is 2.12 bits per heavy atom. The predicted octanol–water partition coefficient (Wildman–Crippen LogP) is 2.34. The summed E-state index contributed by atoms with van der Waals surface area (Å²) in [7, 11) is 0. The molecule has 2 aliphatic heterocycles. The van der Waals surface area contributed by atoms with Gasteiger partial charge in [-0.05, 0) is 57.7 Å². The number of hydrogen-bond donors (Lipinski definition) is 1. The zero-order chi connectivity index (χ0) is 18.5. The summed E-state index contributed by atoms with van der Waals surface area (Å²) in [5, 5.41) is 3.18. The predicted molar refractivity (Wildman–Crippen MR) is 106 cm³/mol. The van der Waals surface area contributed by atoms with Crippen LogP contribution in [0.25, 0.3) is 0 Å². The van der Waals surface area contributed by atoms with Crippen LogP contribution in [0.2, 0.25) is 0 Å². The number of nitrogens with one attached hydrogen (secondary N) is 1. The van der Waals surface area contributed by atoms with Crippen molar-refractivity contribution in [3.05, 3.63) is 24.0 Å². The van der Waals surface area contributed by atoms with E-state index in [2.05, 4.69) is 46.9 Å². The SMILES string of the molecule is Cc1cnccc1N1CCCN(C(=O)NCC2CCN(C(C)C)C2)CC1. The highest BCUT2D eigenvalue weighted by molar-refractivity contribution is 5.74. The second kappa shape index (κ2) is 8.71. The maximum Gasteiger partial charge on any atom is 0.317 e. The summed E-state index contributed by atoms with van der Waals surface area (Å²) in [5.74, 6) is 0.587. The van der Waals surface area contributed by atoms with Crippen LogP contribution in [-0.4, -0.2) is 72.7 Å². The molecule has 6 nitrogen and oxygen atoms in total. The fraction of sp³-hybridized carbons (Fsp3) is 0.700. The minimum absolute atomic E-state index is 0.0984. The number of hydrogen-bond acceptors (Lipinski definition) is 4. The summed E-state index contributed by atoms with van der Waals surface area (Å²) in [5.41, 5.74) is 2.43. The van der Waals surface area contributed by atoms with Gasteiger partial charge in [0, 0.05) is 63.4 Å². The molecule has 3 rings (SSSR count). The smallest absolute Gasteiger partial charge is 0.317 e. The maximum atomic E-state index is 12.6. The highest BCUT2D eigenvalue weighted by Gasteiger charge is 2.25. The van der Waals surface area contributed by atoms with Gasteiger partial charge in [-0.1, -0.05) is 0 Å². The van der Waals surface area contributed by atoms with Crippen molar-refractivity contribution < 1.29 is 4.79 Å². The van der Waals surface area contributed by atoms with Gasteiger partial charge in [0.05, 0.1) is 0 Å². The van der Waals surface area contributed by atoms with Crippen molar-refractivity contribution in [3.63, 3.8) is 0 Å². The molecule has 1 atom stereocenters. The van der Waals surface area contributed by atoms with E-state index < -0.39 is 0 Å². The molecule has 3 heterocycles. The lowest BCUT2D eigenvalue weighted by Gasteiger charge is -2.25. The van der Waals surface area contributed by atoms with Gasteiger partial charge in [0.1, 0.15) is 0 Å². The molecule has 2 fully saturated rings. The van der Waals surface area contributed by atoms with Gasteiger partial charge in [0.15, 0.2) is 0 Å². The first kappa shape index (κ1) is 19.0. The van der Waals surface area contributed by atoms with Crippen LogP contribution < -0.4 is 10.2 Å². The summed E-state index contributed by atoms with van der Waals surface area (Å²) in [6, 6.07) is 2.77. The van der Waals surface area contributed by atoms with Crippen LogP contribution in [0.1, 0.15) is 32.3 Å². The first-order valence-corrected chi connectivity index (χ1v) is 9.97. The third kappa shape index (κ3) is 4.67. The first-order chi connectivity index (χ1) is 12.5. The number of nitrogens with zero attached hydrogens (tertiary/aromatic N) is 4. The standard InChI is InChI=1S/C20H33N5O/c1-16(2)25-10-6-18(15-25)14-22-20(26)24-9-4-8-23(11-12-24)19-5-7-21-13-17(19)3/h5,7,13,16,18H,4,6,8-12,14-15H2,1-3H3,(H,22,26). The molecular formula is C20H33N5O. The molecule has 1 unspecified atom stereocenters. The van der Waals surface area contributed by atoms with Crippen LogP contribution in [0.5, 0.6) is 0 Å². The Morgan fingerprint density at radius 3 is 2.85 bits per heavy atom. The van der Waals surface area contributed by atoms with Gasteiger partial charge < -0.3 is 20.0 Å². The van der Waals surface area contributed by atoms with Crippen molar-refractivity contribution >= 4 is 11.7 Å². The Morgan fingerprint density at radius 1 is 1.27 bits per heavy atom. The molecule has 2 aliphatic rings. The third-order valence-electron chi connectivity index (χ3n) is 5.70. The minimum atomic E-state index is 0.0984. The Hall–Kier alpha value is -1.82. The van der Waals surface area contributed by atoms with E-state index in [-0.39, 0.29) is 6.03 Å². The van der Waals surface area contributed by atoms with E-state index in [1.54, 1.807) is 0 Å². The monoisotopic (exact) mass is 359 g/mol. The zero-order valence-electron chi connectivity index (χ0n) is 16.4. The average molecular weight is 360 g/mol. The molecule has 0 aliphatic carbocycles. The van der Waals surface area contributed by atoms with Gasteiger partial charge in [-0.25, -0.2) is 4.79 Å². The molecule has 144 valence electrons. The van der Waals surface area contributed by atoms with Crippen LogP contribution >= 0.6 is 0 Å². The molecule has 6 heteroatoms. The lowest BCUT2D eigenvalue weighted by atomic mass is 10.1. The topological polar surface area (TPSA) is 51.7 Å². The number of anilines is 1. The Labute approximate surface area is 157 Å². The van der Waals surface area contributed by atoms with Crippen molar-refractivity contribution in [2.75, 3.05) is 50.7 Å². The molecule has 2 amide bonds. The molecule has 1 N–H and O–H groups in total. The molecular weight excluding hydrogens is 326 g/mol. The van der Waals surface area contributed by atoms with Gasteiger partial charge in [-0.15, -0.1) is 0 Å². The van der Waals surface area contributed by atoms with Crippen LogP contribution in [0, 0.1) is 12.8 Å². The number of amides is 2. The average Bonchev–Trinajstić information content (AvgIpc) is 2.97. The molecule has 0 saturated carbocycles. The van der Waals surface area contributed by atoms with E-state index in [1.165, 1.54) is 17.7 Å². The number of carbonyl (C=O) groups is 1. The van der Waals surface area contributed by atoms with E-state index >= 15 is 0 Å². The largest absolute Gasteiger partial charge is 0.369 e. The van der Waals surface area contributed by atoms with E-state index in [0.29, 0.717) is 12.0 Å². The van der Waals surface area contributed by atoms with Crippen LogP contribution in [0.15, 0.2) is 18.5 Å². The first-order valence-electron chi connectivity index (χ1n) is 9.97. The fourth-order valence-electron chi connectivity index (χ4n) is 4.02. The highest BCUT2D eigenvalue weighted by atomic mass is 16.2. The minimum Gasteiger partial charge on any atom is -0.369 e. The second-order valence-electron chi connectivity index (χ2n) is 7.92. The maximum absolute atomic E-state index is 12.6. The number of aromatic nitrogens is 1. The van der Waals surface area contributed by atoms with Gasteiger partial charge >= 0.3 is 6.03 Å². The number of aryl methyl sites for hydroxylation is 1. The van der Waals surface area contributed by atoms with E-state index in [4.69, 9.17) is 0 Å². The summed E-state index contributed by atoms with van der Waals surface area (Å²) in [6.45, 7) is 13.1. The molecule has 26 heavy (non-hydrogen) atoms. The number of urea groups is 1. The Bertz CT molecular complexity index is 606. The number of pyridine rings is 1. The lowest BCUT2D eigenvalue weighted by Crippen LogP contribution is -2.44. The van der Waals surface area contributed by atoms with Crippen LogP contribution in [-0.2, 0) is 0 Å². The van der Waals surface area contributed by atoms with E-state index in [9.17, 15) is 4.79 Å². The van der Waals surface area contributed by atoms with Gasteiger partial charge in [0.25, 0.3) is 0 Å². The number of rotatable bonds is 4. The molecule has 2 saturated heterocycles. The second-order valence-corrected chi connectivity index (χ2v) is 7.92. The van der Waals surface area contributed by atoms with Crippen molar-refractivity contribution in [2.24, 2.45) is 5.92 Å². The van der Waals surface area contributed by atoms with Crippen LogP contribution in [0.4, 0.5) is 10.5 Å². The summed E-state index contributed by atoms with van der Waals surface area (Å²) in [6.07, 6.45) is 5.94. The lowest BCUT2D eigenvalue weighted by molar-refractivity contribution is 0.199. The zero-order valence-corrected chi connectivity index (χ0v) is 16.4. The van der Waals surface area contributed by atoms with Crippen LogP contribution in [0.3, 0.4) is 0 Å². The molecule has 1 aromatic heterocycles. The van der Waals surface area contributed by atoms with Crippen molar-refractivity contribution in [1.82, 2.24) is 20.1 Å². The Kier molecular flexibility index (Phi) is 6.35. The van der Waals surface area contributed by atoms with Crippen molar-refractivity contribution in [1.29, 1.82) is 0 Å². The highest BCUT2D eigenvalue weighted by Crippen LogP contribution is 2.20. The molecule has 1 aromatic rings. The third-order valence-corrected chi connectivity index (χ3v) is 5.70. The quantitative estimate of drug-likeness (QED) is 0.897. The molecule has 0 bridgehead atoms. The van der Waals surface area contributed by atoms with E-state index in [1.807, 2.05) is 17.3 Å². The van der Waals surface area contributed by atoms with Gasteiger partial charge in [-0.3, -0.25) is 4.98 Å². The van der Waals surface area contributed by atoms with Gasteiger partial charge in [-0.2, -0.15) is 0 Å².